The highest BCUT2D eigenvalue weighted by Gasteiger charge is 2.21. The summed E-state index contributed by atoms with van der Waals surface area (Å²) in [6.07, 6.45) is 1.33. The van der Waals surface area contributed by atoms with E-state index in [0.29, 0.717) is 29.0 Å². The number of nitrogen functional groups attached to an aromatic ring is 1. The Bertz CT molecular complexity index is 1290. The van der Waals surface area contributed by atoms with Gasteiger partial charge in [0.2, 0.25) is 5.88 Å². The molecule has 9 nitrogen and oxygen atoms in total. The third-order valence-electron chi connectivity index (χ3n) is 5.00. The lowest BCUT2D eigenvalue weighted by Crippen LogP contribution is -2.21. The summed E-state index contributed by atoms with van der Waals surface area (Å²) in [5, 5.41) is 10.5. The molecule has 4 aromatic rings. The van der Waals surface area contributed by atoms with Crippen LogP contribution < -0.4 is 21.1 Å². The molecule has 0 saturated carbocycles. The first-order chi connectivity index (χ1) is 16.2. The number of nitrogens with one attached hydrogen (secondary N) is 2. The third-order valence-corrected chi connectivity index (χ3v) is 5.00. The Hall–Kier alpha value is -4.40. The van der Waals surface area contributed by atoms with Crippen molar-refractivity contribution in [1.82, 2.24) is 19.7 Å². The summed E-state index contributed by atoms with van der Waals surface area (Å²) in [6, 6.07) is 17.9. The van der Waals surface area contributed by atoms with Crippen LogP contribution in [0.2, 0.25) is 0 Å². The van der Waals surface area contributed by atoms with Crippen molar-refractivity contribution in [3.63, 3.8) is 0 Å². The first kappa shape index (κ1) is 22.8. The van der Waals surface area contributed by atoms with E-state index in [0.717, 1.165) is 16.9 Å². The molecule has 2 aromatic carbocycles. The van der Waals surface area contributed by atoms with Gasteiger partial charge in [0, 0.05) is 23.2 Å². The molecular formula is C25H27N7O2. The largest absolute Gasteiger partial charge is 0.439 e. The van der Waals surface area contributed by atoms with Gasteiger partial charge >= 0.3 is 6.03 Å². The number of amides is 2. The highest BCUT2D eigenvalue weighted by molar-refractivity contribution is 5.99. The number of urea groups is 1. The van der Waals surface area contributed by atoms with Gasteiger partial charge in [0.1, 0.15) is 23.7 Å². The second-order valence-corrected chi connectivity index (χ2v) is 8.90. The van der Waals surface area contributed by atoms with Gasteiger partial charge in [-0.2, -0.15) is 5.10 Å². The minimum atomic E-state index is -0.383. The first-order valence-corrected chi connectivity index (χ1v) is 10.8. The smallest absolute Gasteiger partial charge is 0.324 e. The Kier molecular flexibility index (Phi) is 6.18. The Morgan fingerprint density at radius 2 is 1.68 bits per heavy atom. The minimum Gasteiger partial charge on any atom is -0.439 e. The molecule has 2 aromatic heterocycles. The second kappa shape index (κ2) is 9.22. The standard InChI is InChI=1S/C25H27N7O2/c1-16-5-9-18(10-6-16)32-22(13-20(31-32)25(2,3)4)30-24(33)29-17-7-11-19(12-8-17)34-23-14-21(26)27-15-28-23/h5-15H,1-4H3,(H2,26,27,28)(H2,29,30,33). The number of nitrogens with two attached hydrogens (primary N) is 1. The molecule has 0 radical (unpaired) electrons. The summed E-state index contributed by atoms with van der Waals surface area (Å²) >= 11 is 0. The lowest BCUT2D eigenvalue weighted by molar-refractivity contribution is 0.262. The Morgan fingerprint density at radius 3 is 2.32 bits per heavy atom. The van der Waals surface area contributed by atoms with Gasteiger partial charge in [0.15, 0.2) is 0 Å². The quantitative estimate of drug-likeness (QED) is 0.375. The van der Waals surface area contributed by atoms with Gasteiger partial charge in [-0.1, -0.05) is 38.5 Å². The summed E-state index contributed by atoms with van der Waals surface area (Å²) in [5.74, 6) is 1.79. The number of nitrogens with zero attached hydrogens (tertiary/aromatic N) is 4. The van der Waals surface area contributed by atoms with Gasteiger partial charge in [-0.15, -0.1) is 0 Å². The van der Waals surface area contributed by atoms with Gasteiger partial charge in [-0.3, -0.25) is 5.32 Å². The molecule has 0 spiro atoms. The first-order valence-electron chi connectivity index (χ1n) is 10.8. The number of aryl methyl sites for hydroxylation is 1. The van der Waals surface area contributed by atoms with E-state index in [9.17, 15) is 4.79 Å². The summed E-state index contributed by atoms with van der Waals surface area (Å²) in [7, 11) is 0. The molecule has 0 aliphatic carbocycles. The maximum absolute atomic E-state index is 12.8. The Labute approximate surface area is 198 Å². The average Bonchev–Trinajstić information content (AvgIpc) is 3.20. The van der Waals surface area contributed by atoms with Gasteiger partial charge in [0.05, 0.1) is 11.4 Å². The predicted octanol–water partition coefficient (Wildman–Crippen LogP) is 5.29. The Morgan fingerprint density at radius 1 is 0.971 bits per heavy atom. The van der Waals surface area contributed by atoms with Crippen molar-refractivity contribution >= 4 is 23.4 Å². The molecule has 0 aliphatic heterocycles. The van der Waals surface area contributed by atoms with Crippen molar-refractivity contribution in [2.45, 2.75) is 33.1 Å². The van der Waals surface area contributed by atoms with Crippen LogP contribution in [0.15, 0.2) is 67.0 Å². The molecule has 9 heteroatoms. The van der Waals surface area contributed by atoms with Crippen molar-refractivity contribution in [3.05, 3.63) is 78.2 Å². The molecule has 2 amide bonds. The van der Waals surface area contributed by atoms with E-state index >= 15 is 0 Å². The number of hydrogen-bond acceptors (Lipinski definition) is 6. The summed E-state index contributed by atoms with van der Waals surface area (Å²) in [5.41, 5.74) is 8.95. The molecule has 4 N–H and O–H groups in total. The van der Waals surface area contributed by atoms with E-state index in [1.54, 1.807) is 28.9 Å². The van der Waals surface area contributed by atoms with E-state index < -0.39 is 0 Å². The number of carbonyl (C=O) groups excluding carboxylic acids is 1. The van der Waals surface area contributed by atoms with Gasteiger partial charge in [-0.25, -0.2) is 19.4 Å². The van der Waals surface area contributed by atoms with E-state index in [1.807, 2.05) is 37.3 Å². The number of aromatic nitrogens is 4. The van der Waals surface area contributed by atoms with Crippen LogP contribution in [0.5, 0.6) is 11.6 Å². The Balaban J connectivity index is 1.48. The molecule has 0 fully saturated rings. The zero-order valence-electron chi connectivity index (χ0n) is 19.5. The molecular weight excluding hydrogens is 430 g/mol. The van der Waals surface area contributed by atoms with Crippen molar-refractivity contribution in [2.24, 2.45) is 0 Å². The van der Waals surface area contributed by atoms with Crippen molar-refractivity contribution < 1.29 is 9.53 Å². The van der Waals surface area contributed by atoms with Crippen molar-refractivity contribution in [2.75, 3.05) is 16.4 Å². The molecule has 4 rings (SSSR count). The molecule has 0 bridgehead atoms. The molecule has 0 atom stereocenters. The molecule has 174 valence electrons. The number of benzene rings is 2. The van der Waals surface area contributed by atoms with E-state index in [1.165, 1.54) is 12.4 Å². The van der Waals surface area contributed by atoms with Crippen LogP contribution in [-0.2, 0) is 5.41 Å². The number of carbonyl (C=O) groups is 1. The summed E-state index contributed by atoms with van der Waals surface area (Å²) in [6.45, 7) is 8.27. The van der Waals surface area contributed by atoms with Crippen LogP contribution in [0.1, 0.15) is 32.0 Å². The zero-order valence-corrected chi connectivity index (χ0v) is 19.5. The molecule has 0 aliphatic rings. The van der Waals surface area contributed by atoms with Crippen LogP contribution in [0.3, 0.4) is 0 Å². The monoisotopic (exact) mass is 457 g/mol. The number of rotatable bonds is 5. The number of hydrogen-bond donors (Lipinski definition) is 3. The SMILES string of the molecule is Cc1ccc(-n2nc(C(C)(C)C)cc2NC(=O)Nc2ccc(Oc3cc(N)ncn3)cc2)cc1. The lowest BCUT2D eigenvalue weighted by atomic mass is 9.92. The van der Waals surface area contributed by atoms with E-state index in [4.69, 9.17) is 15.6 Å². The fraction of sp³-hybridized carbons (Fsp3) is 0.200. The van der Waals surface area contributed by atoms with Crippen molar-refractivity contribution in [1.29, 1.82) is 0 Å². The number of ether oxygens (including phenoxy) is 1. The van der Waals surface area contributed by atoms with Crippen LogP contribution in [0.4, 0.5) is 22.1 Å². The minimum absolute atomic E-state index is 0.174. The predicted molar refractivity (Wildman–Crippen MR) is 133 cm³/mol. The number of anilines is 3. The maximum Gasteiger partial charge on any atom is 0.324 e. The topological polar surface area (TPSA) is 120 Å². The molecule has 2 heterocycles. The van der Waals surface area contributed by atoms with Crippen LogP contribution >= 0.6 is 0 Å². The van der Waals surface area contributed by atoms with E-state index in [2.05, 4.69) is 41.4 Å². The van der Waals surface area contributed by atoms with E-state index in [-0.39, 0.29) is 11.4 Å². The molecule has 34 heavy (non-hydrogen) atoms. The van der Waals surface area contributed by atoms with Crippen LogP contribution in [0.25, 0.3) is 5.69 Å². The average molecular weight is 458 g/mol. The zero-order chi connectivity index (χ0) is 24.3. The van der Waals surface area contributed by atoms with Gasteiger partial charge < -0.3 is 15.8 Å². The maximum atomic E-state index is 12.8. The molecule has 0 saturated heterocycles. The lowest BCUT2D eigenvalue weighted by Gasteiger charge is -2.14. The van der Waals surface area contributed by atoms with Crippen molar-refractivity contribution in [3.8, 4) is 17.3 Å². The molecule has 0 unspecified atom stereocenters. The fourth-order valence-corrected chi connectivity index (χ4v) is 3.13. The van der Waals surface area contributed by atoms with Crippen LogP contribution in [-0.4, -0.2) is 25.8 Å². The highest BCUT2D eigenvalue weighted by atomic mass is 16.5. The summed E-state index contributed by atoms with van der Waals surface area (Å²) < 4.78 is 7.39. The highest BCUT2D eigenvalue weighted by Crippen LogP contribution is 2.27. The summed E-state index contributed by atoms with van der Waals surface area (Å²) in [4.78, 5) is 20.6. The fourth-order valence-electron chi connectivity index (χ4n) is 3.13. The van der Waals surface area contributed by atoms with Gasteiger partial charge in [0.25, 0.3) is 0 Å². The van der Waals surface area contributed by atoms with Crippen LogP contribution in [0, 0.1) is 6.92 Å². The normalized spacial score (nSPS) is 11.2. The van der Waals surface area contributed by atoms with Gasteiger partial charge in [-0.05, 0) is 43.3 Å². The third kappa shape index (κ3) is 5.50. The second-order valence-electron chi connectivity index (χ2n) is 8.90.